The number of hydrogen-bond donors (Lipinski definition) is 3. The van der Waals surface area contributed by atoms with E-state index in [4.69, 9.17) is 10.2 Å². The van der Waals surface area contributed by atoms with Crippen molar-refractivity contribution in [3.05, 3.63) is 29.8 Å². The van der Waals surface area contributed by atoms with Crippen LogP contribution in [0.4, 0.5) is 0 Å². The van der Waals surface area contributed by atoms with Gasteiger partial charge in [-0.1, -0.05) is 12.1 Å². The number of nitrogens with two attached hydrogens (primary N) is 1. The first-order valence-corrected chi connectivity index (χ1v) is 7.51. The van der Waals surface area contributed by atoms with E-state index in [0.29, 0.717) is 13.0 Å². The molecule has 0 aliphatic heterocycles. The summed E-state index contributed by atoms with van der Waals surface area (Å²) in [5, 5.41) is 15.8. The Morgan fingerprint density at radius 3 is 2.33 bits per heavy atom. The molecule has 0 aromatic heterocycles. The van der Waals surface area contributed by atoms with Gasteiger partial charge in [0.1, 0.15) is 13.2 Å². The Morgan fingerprint density at radius 1 is 1.19 bits per heavy atom. The molecule has 1 aromatic carbocycles. The minimum Gasteiger partial charge on any atom is -0.480 e. The van der Waals surface area contributed by atoms with Gasteiger partial charge in [0.25, 0.3) is 0 Å². The number of rotatable bonds is 8. The Morgan fingerprint density at radius 2 is 1.81 bits per heavy atom. The quantitative estimate of drug-likeness (QED) is 0.568. The first kappa shape index (κ1) is 17.1. The highest BCUT2D eigenvalue weighted by molar-refractivity contribution is 7.89. The summed E-state index contributed by atoms with van der Waals surface area (Å²) in [6.45, 7) is -0.525. The second-order valence-corrected chi connectivity index (χ2v) is 5.74. The average Bonchev–Trinajstić information content (AvgIpc) is 2.38. The lowest BCUT2D eigenvalue weighted by atomic mass is 10.1. The summed E-state index contributed by atoms with van der Waals surface area (Å²) in [6.07, 6.45) is 0.496. The maximum absolute atomic E-state index is 11.3. The molecule has 0 saturated carbocycles. The van der Waals surface area contributed by atoms with Crippen LogP contribution in [0.1, 0.15) is 5.56 Å². The molecule has 21 heavy (non-hydrogen) atoms. The number of benzene rings is 1. The molecule has 9 heteroatoms. The third-order valence-corrected chi connectivity index (χ3v) is 3.38. The summed E-state index contributed by atoms with van der Waals surface area (Å²) in [5.41, 5.74) is 0.828. The van der Waals surface area contributed by atoms with E-state index in [1.54, 1.807) is 12.1 Å². The van der Waals surface area contributed by atoms with Crippen molar-refractivity contribution in [2.45, 2.75) is 11.3 Å². The molecule has 1 amide bonds. The first-order chi connectivity index (χ1) is 9.79. The van der Waals surface area contributed by atoms with Crippen LogP contribution in [0.2, 0.25) is 0 Å². The number of carbonyl (C=O) groups is 2. The molecular formula is C12H16N2O6S. The molecule has 0 atom stereocenters. The Labute approximate surface area is 122 Å². The molecule has 0 aliphatic rings. The minimum absolute atomic E-state index is 0.0253. The zero-order valence-corrected chi connectivity index (χ0v) is 11.9. The van der Waals surface area contributed by atoms with Crippen molar-refractivity contribution >= 4 is 21.9 Å². The summed E-state index contributed by atoms with van der Waals surface area (Å²) in [4.78, 5) is 21.5. The van der Waals surface area contributed by atoms with E-state index in [1.807, 2.05) is 0 Å². The van der Waals surface area contributed by atoms with Crippen LogP contribution in [-0.2, 0) is 30.8 Å². The summed E-state index contributed by atoms with van der Waals surface area (Å²) >= 11 is 0. The van der Waals surface area contributed by atoms with Gasteiger partial charge in [-0.2, -0.15) is 0 Å². The highest BCUT2D eigenvalue weighted by Gasteiger charge is 2.07. The molecule has 0 aliphatic carbocycles. The molecule has 1 rings (SSSR count). The van der Waals surface area contributed by atoms with E-state index in [2.05, 4.69) is 10.1 Å². The molecule has 116 valence electrons. The second kappa shape index (κ2) is 7.72. The lowest BCUT2D eigenvalue weighted by Gasteiger charge is -2.06. The fourth-order valence-electron chi connectivity index (χ4n) is 1.47. The van der Waals surface area contributed by atoms with Gasteiger partial charge in [0.2, 0.25) is 15.9 Å². The molecule has 0 saturated heterocycles. The van der Waals surface area contributed by atoms with E-state index < -0.39 is 28.5 Å². The molecule has 0 radical (unpaired) electrons. The predicted octanol–water partition coefficient (Wildman–Crippen LogP) is -0.906. The van der Waals surface area contributed by atoms with Crippen molar-refractivity contribution in [2.75, 3.05) is 19.8 Å². The predicted molar refractivity (Wildman–Crippen MR) is 73.0 cm³/mol. The minimum atomic E-state index is -3.71. The Bertz CT molecular complexity index is 597. The average molecular weight is 316 g/mol. The van der Waals surface area contributed by atoms with Crippen LogP contribution < -0.4 is 10.5 Å². The summed E-state index contributed by atoms with van der Waals surface area (Å²) in [6, 6.07) is 5.99. The van der Waals surface area contributed by atoms with Crippen LogP contribution in [0.25, 0.3) is 0 Å². The van der Waals surface area contributed by atoms with Crippen molar-refractivity contribution in [2.24, 2.45) is 5.14 Å². The highest BCUT2D eigenvalue weighted by Crippen LogP contribution is 2.08. The smallest absolute Gasteiger partial charge is 0.329 e. The van der Waals surface area contributed by atoms with Gasteiger partial charge in [-0.05, 0) is 24.1 Å². The summed E-state index contributed by atoms with van der Waals surface area (Å²) in [7, 11) is -3.71. The third kappa shape index (κ3) is 6.84. The van der Waals surface area contributed by atoms with Crippen LogP contribution in [-0.4, -0.2) is 45.2 Å². The van der Waals surface area contributed by atoms with Crippen LogP contribution >= 0.6 is 0 Å². The van der Waals surface area contributed by atoms with E-state index in [9.17, 15) is 18.0 Å². The number of carbonyl (C=O) groups excluding carboxylic acids is 1. The molecule has 4 N–H and O–H groups in total. The maximum atomic E-state index is 11.3. The van der Waals surface area contributed by atoms with Gasteiger partial charge in [0.15, 0.2) is 0 Å². The van der Waals surface area contributed by atoms with Gasteiger partial charge >= 0.3 is 5.97 Å². The molecule has 1 aromatic rings. The van der Waals surface area contributed by atoms with Gasteiger partial charge < -0.3 is 15.2 Å². The van der Waals surface area contributed by atoms with Crippen molar-refractivity contribution in [1.29, 1.82) is 0 Å². The number of nitrogens with one attached hydrogen (secondary N) is 1. The van der Waals surface area contributed by atoms with E-state index in [1.165, 1.54) is 12.1 Å². The highest BCUT2D eigenvalue weighted by atomic mass is 32.2. The van der Waals surface area contributed by atoms with Crippen molar-refractivity contribution < 1.29 is 27.9 Å². The van der Waals surface area contributed by atoms with Gasteiger partial charge in [-0.25, -0.2) is 18.4 Å². The number of carboxylic acids is 1. The Hall–Kier alpha value is -1.97. The number of sulfonamides is 1. The fraction of sp³-hybridized carbons (Fsp3) is 0.333. The number of hydrogen-bond acceptors (Lipinski definition) is 5. The third-order valence-electron chi connectivity index (χ3n) is 2.45. The zero-order chi connectivity index (χ0) is 15.9. The molecular weight excluding hydrogens is 300 g/mol. The largest absolute Gasteiger partial charge is 0.480 e. The van der Waals surface area contributed by atoms with Gasteiger partial charge in [0.05, 0.1) is 4.90 Å². The van der Waals surface area contributed by atoms with Crippen molar-refractivity contribution in [1.82, 2.24) is 5.32 Å². The normalized spacial score (nSPS) is 11.1. The molecule has 0 unspecified atom stereocenters. The number of ether oxygens (including phenoxy) is 1. The lowest BCUT2D eigenvalue weighted by molar-refractivity contribution is -0.143. The molecule has 0 heterocycles. The van der Waals surface area contributed by atoms with E-state index >= 15 is 0 Å². The molecule has 0 bridgehead atoms. The fourth-order valence-corrected chi connectivity index (χ4v) is 1.99. The van der Waals surface area contributed by atoms with Crippen LogP contribution in [0, 0.1) is 0 Å². The number of aliphatic carboxylic acids is 1. The zero-order valence-electron chi connectivity index (χ0n) is 11.1. The van der Waals surface area contributed by atoms with Crippen LogP contribution in [0.5, 0.6) is 0 Å². The lowest BCUT2D eigenvalue weighted by Crippen LogP contribution is -2.30. The van der Waals surface area contributed by atoms with Crippen molar-refractivity contribution in [3.8, 4) is 0 Å². The molecule has 0 spiro atoms. The van der Waals surface area contributed by atoms with Gasteiger partial charge in [-0.3, -0.25) is 4.79 Å². The number of primary sulfonamides is 1. The van der Waals surface area contributed by atoms with Crippen LogP contribution in [0.15, 0.2) is 29.2 Å². The van der Waals surface area contributed by atoms with E-state index in [0.717, 1.165) is 5.56 Å². The van der Waals surface area contributed by atoms with E-state index in [-0.39, 0.29) is 11.5 Å². The Balaban J connectivity index is 2.32. The number of carboxylic acid groups (broad SMARTS) is 1. The summed E-state index contributed by atoms with van der Waals surface area (Å²) < 4.78 is 26.7. The second-order valence-electron chi connectivity index (χ2n) is 4.18. The first-order valence-electron chi connectivity index (χ1n) is 5.97. The number of amides is 1. The molecule has 8 nitrogen and oxygen atoms in total. The topological polar surface area (TPSA) is 136 Å². The van der Waals surface area contributed by atoms with Gasteiger partial charge in [0, 0.05) is 6.54 Å². The SMILES string of the molecule is NS(=O)(=O)c1ccc(CCNC(=O)COCC(=O)O)cc1. The standard InChI is InChI=1S/C12H16N2O6S/c13-21(18,19)10-3-1-9(2-4-10)5-6-14-11(15)7-20-8-12(16)17/h1-4H,5-8H2,(H,14,15)(H,16,17)(H2,13,18,19). The van der Waals surface area contributed by atoms with Gasteiger partial charge in [-0.15, -0.1) is 0 Å². The maximum Gasteiger partial charge on any atom is 0.329 e. The molecule has 0 fully saturated rings. The van der Waals surface area contributed by atoms with Crippen molar-refractivity contribution in [3.63, 3.8) is 0 Å². The van der Waals surface area contributed by atoms with Crippen LogP contribution in [0.3, 0.4) is 0 Å². The Kier molecular flexibility index (Phi) is 6.28. The summed E-state index contributed by atoms with van der Waals surface area (Å²) in [5.74, 6) is -1.56. The monoisotopic (exact) mass is 316 g/mol.